The third-order valence-electron chi connectivity index (χ3n) is 4.13. The second-order valence-corrected chi connectivity index (χ2v) is 6.09. The lowest BCUT2D eigenvalue weighted by atomic mass is 10.1. The van der Waals surface area contributed by atoms with Gasteiger partial charge in [0.25, 0.3) is 0 Å². The van der Waals surface area contributed by atoms with Crippen LogP contribution in [0.1, 0.15) is 30.4 Å². The van der Waals surface area contributed by atoms with Crippen LogP contribution in [-0.2, 0) is 20.9 Å². The molecule has 1 heterocycles. The maximum Gasteiger partial charge on any atom is 0.326 e. The molecule has 1 saturated heterocycles. The minimum atomic E-state index is -2.85. The van der Waals surface area contributed by atoms with Gasteiger partial charge in [-0.3, -0.25) is 9.59 Å². The molecule has 1 fully saturated rings. The van der Waals surface area contributed by atoms with E-state index in [4.69, 9.17) is 5.11 Å². The Kier molecular flexibility index (Phi) is 6.06. The van der Waals surface area contributed by atoms with E-state index < -0.39 is 36.8 Å². The van der Waals surface area contributed by atoms with Gasteiger partial charge in [-0.15, -0.1) is 0 Å². The summed E-state index contributed by atoms with van der Waals surface area (Å²) in [6.45, 7) is 2.14. The molecule has 8 heteroatoms. The number of halogens is 2. The van der Waals surface area contributed by atoms with Gasteiger partial charge in [0.05, 0.1) is 0 Å². The van der Waals surface area contributed by atoms with E-state index in [0.29, 0.717) is 0 Å². The molecule has 2 atom stereocenters. The fourth-order valence-corrected chi connectivity index (χ4v) is 2.76. The topological polar surface area (TPSA) is 86.7 Å². The highest BCUT2D eigenvalue weighted by atomic mass is 19.3. The van der Waals surface area contributed by atoms with Crippen LogP contribution in [0.2, 0.25) is 0 Å². The molecule has 0 saturated carbocycles. The third-order valence-corrected chi connectivity index (χ3v) is 4.13. The van der Waals surface area contributed by atoms with Gasteiger partial charge in [0.15, 0.2) is 0 Å². The van der Waals surface area contributed by atoms with Crippen molar-refractivity contribution >= 4 is 17.8 Å². The number of aliphatic carboxylic acids is 1. The number of hydrogen-bond acceptors (Lipinski definition) is 3. The molecule has 2 rings (SSSR count). The van der Waals surface area contributed by atoms with Crippen molar-refractivity contribution in [2.24, 2.45) is 0 Å². The minimum Gasteiger partial charge on any atom is -0.480 e. The molecular formula is C17H20F2N2O4. The van der Waals surface area contributed by atoms with E-state index in [1.54, 1.807) is 0 Å². The molecule has 0 aromatic heterocycles. The molecule has 1 aliphatic rings. The Labute approximate surface area is 143 Å². The summed E-state index contributed by atoms with van der Waals surface area (Å²) in [7, 11) is 0. The van der Waals surface area contributed by atoms with Crippen LogP contribution in [0.3, 0.4) is 0 Å². The predicted molar refractivity (Wildman–Crippen MR) is 84.9 cm³/mol. The average Bonchev–Trinajstić information content (AvgIpc) is 2.89. The fraction of sp³-hybridized carbons (Fsp3) is 0.471. The Bertz CT molecular complexity index is 649. The maximum absolute atomic E-state index is 12.5. The van der Waals surface area contributed by atoms with Crippen molar-refractivity contribution < 1.29 is 28.3 Å². The minimum absolute atomic E-state index is 0.163. The van der Waals surface area contributed by atoms with Crippen molar-refractivity contribution in [1.29, 1.82) is 0 Å². The van der Waals surface area contributed by atoms with Crippen LogP contribution in [-0.4, -0.2) is 46.3 Å². The summed E-state index contributed by atoms with van der Waals surface area (Å²) in [6, 6.07) is 4.92. The van der Waals surface area contributed by atoms with Crippen molar-refractivity contribution in [2.75, 3.05) is 0 Å². The van der Waals surface area contributed by atoms with Gasteiger partial charge in [-0.25, -0.2) is 13.6 Å². The molecular weight excluding hydrogens is 334 g/mol. The maximum atomic E-state index is 12.5. The molecule has 6 nitrogen and oxygen atoms in total. The summed E-state index contributed by atoms with van der Waals surface area (Å²) in [5, 5.41) is 11.1. The SMILES string of the molecule is Cc1ccc(CN2C(=O)CCC2C(=O)NC(CC(F)F)C(=O)O)cc1. The molecule has 0 aliphatic carbocycles. The molecule has 0 spiro atoms. The highest BCUT2D eigenvalue weighted by Crippen LogP contribution is 2.22. The lowest BCUT2D eigenvalue weighted by Crippen LogP contribution is -2.50. The highest BCUT2D eigenvalue weighted by molar-refractivity contribution is 5.92. The van der Waals surface area contributed by atoms with Gasteiger partial charge in [0.1, 0.15) is 12.1 Å². The summed E-state index contributed by atoms with van der Waals surface area (Å²) in [6.07, 6.45) is -3.43. The summed E-state index contributed by atoms with van der Waals surface area (Å²) in [5.74, 6) is -2.46. The first kappa shape index (κ1) is 18.8. The van der Waals surface area contributed by atoms with Crippen LogP contribution < -0.4 is 5.32 Å². The Morgan fingerprint density at radius 1 is 1.32 bits per heavy atom. The smallest absolute Gasteiger partial charge is 0.326 e. The number of carbonyl (C=O) groups excluding carboxylic acids is 2. The van der Waals surface area contributed by atoms with Gasteiger partial charge in [-0.2, -0.15) is 0 Å². The van der Waals surface area contributed by atoms with Crippen molar-refractivity contribution in [3.8, 4) is 0 Å². The van der Waals surface area contributed by atoms with Crippen LogP contribution >= 0.6 is 0 Å². The first-order chi connectivity index (χ1) is 11.8. The number of hydrogen-bond donors (Lipinski definition) is 2. The molecule has 2 amide bonds. The predicted octanol–water partition coefficient (Wildman–Crippen LogP) is 1.71. The van der Waals surface area contributed by atoms with Crippen molar-refractivity contribution in [3.63, 3.8) is 0 Å². The second-order valence-electron chi connectivity index (χ2n) is 6.09. The van der Waals surface area contributed by atoms with E-state index in [2.05, 4.69) is 5.32 Å². The van der Waals surface area contributed by atoms with Crippen molar-refractivity contribution in [3.05, 3.63) is 35.4 Å². The quantitative estimate of drug-likeness (QED) is 0.780. The first-order valence-electron chi connectivity index (χ1n) is 7.94. The van der Waals surface area contributed by atoms with E-state index in [1.807, 2.05) is 31.2 Å². The second kappa shape index (κ2) is 8.04. The number of aryl methyl sites for hydroxylation is 1. The van der Waals surface area contributed by atoms with Crippen LogP contribution in [0.5, 0.6) is 0 Å². The standard InChI is InChI=1S/C17H20F2N2O4/c1-10-2-4-11(5-3-10)9-21-13(6-7-15(21)22)16(23)20-12(17(24)25)8-14(18)19/h2-5,12-14H,6-9H2,1H3,(H,20,23)(H,24,25). The van der Waals surface area contributed by atoms with Gasteiger partial charge in [-0.05, 0) is 18.9 Å². The molecule has 25 heavy (non-hydrogen) atoms. The largest absolute Gasteiger partial charge is 0.480 e. The van der Waals surface area contributed by atoms with E-state index in [1.165, 1.54) is 4.90 Å². The molecule has 2 unspecified atom stereocenters. The number of likely N-dealkylation sites (tertiary alicyclic amines) is 1. The van der Waals surface area contributed by atoms with Gasteiger partial charge < -0.3 is 15.3 Å². The van der Waals surface area contributed by atoms with Crippen LogP contribution in [0.15, 0.2) is 24.3 Å². The monoisotopic (exact) mass is 354 g/mol. The third kappa shape index (κ3) is 4.98. The zero-order valence-corrected chi connectivity index (χ0v) is 13.7. The molecule has 2 N–H and O–H groups in total. The number of alkyl halides is 2. The molecule has 1 aromatic rings. The number of carboxylic acid groups (broad SMARTS) is 1. The number of carbonyl (C=O) groups is 3. The number of amides is 2. The zero-order chi connectivity index (χ0) is 18.6. The fourth-order valence-electron chi connectivity index (χ4n) is 2.76. The number of nitrogens with zero attached hydrogens (tertiary/aromatic N) is 1. The number of nitrogens with one attached hydrogen (secondary N) is 1. The Morgan fingerprint density at radius 2 is 1.96 bits per heavy atom. The molecule has 0 bridgehead atoms. The molecule has 136 valence electrons. The zero-order valence-electron chi connectivity index (χ0n) is 13.7. The van der Waals surface area contributed by atoms with Crippen molar-refractivity contribution in [1.82, 2.24) is 10.2 Å². The number of carboxylic acids is 1. The van der Waals surface area contributed by atoms with Gasteiger partial charge >= 0.3 is 5.97 Å². The summed E-state index contributed by atoms with van der Waals surface area (Å²) in [5.41, 5.74) is 1.89. The average molecular weight is 354 g/mol. The van der Waals surface area contributed by atoms with E-state index >= 15 is 0 Å². The van der Waals surface area contributed by atoms with Crippen LogP contribution in [0.25, 0.3) is 0 Å². The summed E-state index contributed by atoms with van der Waals surface area (Å²) >= 11 is 0. The Morgan fingerprint density at radius 3 is 2.52 bits per heavy atom. The number of rotatable bonds is 7. The Balaban J connectivity index is 2.07. The van der Waals surface area contributed by atoms with E-state index in [-0.39, 0.29) is 25.3 Å². The number of benzene rings is 1. The van der Waals surface area contributed by atoms with Gasteiger partial charge in [0.2, 0.25) is 18.2 Å². The highest BCUT2D eigenvalue weighted by Gasteiger charge is 2.37. The molecule has 1 aromatic carbocycles. The molecule has 0 radical (unpaired) electrons. The van der Waals surface area contributed by atoms with Gasteiger partial charge in [0, 0.05) is 19.4 Å². The van der Waals surface area contributed by atoms with Crippen molar-refractivity contribution in [2.45, 2.75) is 51.2 Å². The van der Waals surface area contributed by atoms with Crippen LogP contribution in [0, 0.1) is 6.92 Å². The van der Waals surface area contributed by atoms with E-state index in [0.717, 1.165) is 11.1 Å². The summed E-state index contributed by atoms with van der Waals surface area (Å²) in [4.78, 5) is 36.8. The first-order valence-corrected chi connectivity index (χ1v) is 7.94. The van der Waals surface area contributed by atoms with Crippen LogP contribution in [0.4, 0.5) is 8.78 Å². The van der Waals surface area contributed by atoms with E-state index in [9.17, 15) is 23.2 Å². The lowest BCUT2D eigenvalue weighted by Gasteiger charge is -2.25. The lowest BCUT2D eigenvalue weighted by molar-refractivity contribution is -0.144. The summed E-state index contributed by atoms with van der Waals surface area (Å²) < 4.78 is 24.9. The normalized spacial score (nSPS) is 18.5. The molecule has 1 aliphatic heterocycles. The Hall–Kier alpha value is -2.51. The van der Waals surface area contributed by atoms with Gasteiger partial charge in [-0.1, -0.05) is 29.8 Å².